The topological polar surface area (TPSA) is 29.5 Å². The summed E-state index contributed by atoms with van der Waals surface area (Å²) in [6, 6.07) is -0.245. The molecule has 0 heterocycles. The highest BCUT2D eigenvalue weighted by molar-refractivity contribution is 5.78. The minimum atomic E-state index is -4.34. The number of amides is 1. The van der Waals surface area contributed by atoms with E-state index in [1.165, 1.54) is 0 Å². The first kappa shape index (κ1) is 13.3. The molecule has 0 aromatic rings. The van der Waals surface area contributed by atoms with Crippen LogP contribution in [0.2, 0.25) is 0 Å². The van der Waals surface area contributed by atoms with Crippen LogP contribution in [0, 0.1) is 0 Å². The van der Waals surface area contributed by atoms with Crippen LogP contribution in [0.15, 0.2) is 0 Å². The quantitative estimate of drug-likeness (QED) is 0.734. The maximum Gasteiger partial charge on any atom is 0.406 e. The minimum Gasteiger partial charge on any atom is -0.369 e. The van der Waals surface area contributed by atoms with Gasteiger partial charge in [-0.25, -0.2) is 0 Å². The molecule has 0 spiro atoms. The van der Waals surface area contributed by atoms with Crippen molar-refractivity contribution in [3.63, 3.8) is 0 Å². The molecule has 0 aliphatic heterocycles. The molecule has 1 aliphatic carbocycles. The Kier molecular flexibility index (Phi) is 4.18. The lowest BCUT2D eigenvalue weighted by Gasteiger charge is -2.24. The summed E-state index contributed by atoms with van der Waals surface area (Å²) < 4.78 is 41.7. The molecular formula is C10H16F3NO2. The molecule has 0 unspecified atom stereocenters. The molecule has 1 saturated carbocycles. The molecule has 0 atom stereocenters. The van der Waals surface area contributed by atoms with Gasteiger partial charge in [0.25, 0.3) is 0 Å². The van der Waals surface area contributed by atoms with Gasteiger partial charge in [0.1, 0.15) is 13.2 Å². The summed E-state index contributed by atoms with van der Waals surface area (Å²) >= 11 is 0. The van der Waals surface area contributed by atoms with Crippen molar-refractivity contribution in [2.24, 2.45) is 0 Å². The fourth-order valence-corrected chi connectivity index (χ4v) is 1.32. The lowest BCUT2D eigenvalue weighted by molar-refractivity contribution is -0.165. The molecule has 0 aromatic carbocycles. The summed E-state index contributed by atoms with van der Waals surface area (Å²) in [7, 11) is 0. The Hall–Kier alpha value is -0.780. The zero-order valence-electron chi connectivity index (χ0n) is 9.38. The Morgan fingerprint density at radius 3 is 2.38 bits per heavy atom. The van der Waals surface area contributed by atoms with Crippen LogP contribution in [0.25, 0.3) is 0 Å². The summed E-state index contributed by atoms with van der Waals surface area (Å²) in [4.78, 5) is 12.4. The Labute approximate surface area is 92.5 Å². The standard InChI is InChI=1S/C10H16F3NO2/c1-7(2)16-5-9(15)14(8-3-4-8)6-10(11,12)13/h7-8H,3-6H2,1-2H3. The first-order valence-corrected chi connectivity index (χ1v) is 5.27. The molecule has 0 aromatic heterocycles. The van der Waals surface area contributed by atoms with Crippen molar-refractivity contribution >= 4 is 5.91 Å². The maximum absolute atomic E-state index is 12.2. The Balaban J connectivity index is 2.46. The molecule has 3 nitrogen and oxygen atoms in total. The predicted molar refractivity (Wildman–Crippen MR) is 51.9 cm³/mol. The van der Waals surface area contributed by atoms with Gasteiger partial charge in [0.15, 0.2) is 0 Å². The van der Waals surface area contributed by atoms with Gasteiger partial charge in [0.2, 0.25) is 5.91 Å². The van der Waals surface area contributed by atoms with Gasteiger partial charge < -0.3 is 9.64 Å². The van der Waals surface area contributed by atoms with Gasteiger partial charge in [0.05, 0.1) is 6.10 Å². The monoisotopic (exact) mass is 239 g/mol. The second-order valence-electron chi connectivity index (χ2n) is 4.23. The van der Waals surface area contributed by atoms with Crippen LogP contribution in [0.3, 0.4) is 0 Å². The molecule has 94 valence electrons. The number of nitrogens with zero attached hydrogens (tertiary/aromatic N) is 1. The van der Waals surface area contributed by atoms with E-state index < -0.39 is 18.6 Å². The number of hydrogen-bond acceptors (Lipinski definition) is 2. The van der Waals surface area contributed by atoms with Crippen LogP contribution in [0.1, 0.15) is 26.7 Å². The van der Waals surface area contributed by atoms with E-state index in [-0.39, 0.29) is 18.8 Å². The third-order valence-corrected chi connectivity index (χ3v) is 2.20. The Morgan fingerprint density at radius 2 is 2.00 bits per heavy atom. The highest BCUT2D eigenvalue weighted by Gasteiger charge is 2.40. The van der Waals surface area contributed by atoms with E-state index in [4.69, 9.17) is 4.74 Å². The van der Waals surface area contributed by atoms with Gasteiger partial charge in [0, 0.05) is 6.04 Å². The molecule has 0 saturated heterocycles. The molecule has 6 heteroatoms. The molecule has 16 heavy (non-hydrogen) atoms. The average Bonchev–Trinajstić information content (AvgIpc) is 2.91. The molecule has 1 fully saturated rings. The van der Waals surface area contributed by atoms with E-state index in [1.54, 1.807) is 13.8 Å². The molecule has 0 N–H and O–H groups in total. The van der Waals surface area contributed by atoms with Crippen molar-refractivity contribution in [3.8, 4) is 0 Å². The third-order valence-electron chi connectivity index (χ3n) is 2.20. The highest BCUT2D eigenvalue weighted by Crippen LogP contribution is 2.30. The molecule has 0 radical (unpaired) electrons. The van der Waals surface area contributed by atoms with Crippen molar-refractivity contribution in [2.45, 2.75) is 45.0 Å². The van der Waals surface area contributed by atoms with E-state index in [9.17, 15) is 18.0 Å². The van der Waals surface area contributed by atoms with Gasteiger partial charge in [-0.15, -0.1) is 0 Å². The molecule has 0 bridgehead atoms. The second kappa shape index (κ2) is 5.03. The Bertz CT molecular complexity index is 249. The zero-order chi connectivity index (χ0) is 12.3. The van der Waals surface area contributed by atoms with Crippen LogP contribution in [-0.2, 0) is 9.53 Å². The first-order valence-electron chi connectivity index (χ1n) is 5.27. The number of rotatable bonds is 5. The summed E-state index contributed by atoms with van der Waals surface area (Å²) in [6.07, 6.45) is -3.18. The zero-order valence-corrected chi connectivity index (χ0v) is 9.38. The van der Waals surface area contributed by atoms with Crippen LogP contribution in [-0.4, -0.2) is 42.3 Å². The molecular weight excluding hydrogens is 223 g/mol. The van der Waals surface area contributed by atoms with Gasteiger partial charge in [-0.3, -0.25) is 4.79 Å². The molecule has 1 amide bonds. The van der Waals surface area contributed by atoms with E-state index >= 15 is 0 Å². The SMILES string of the molecule is CC(C)OCC(=O)N(CC(F)(F)F)C1CC1. The molecule has 1 rings (SSSR count). The van der Waals surface area contributed by atoms with E-state index in [0.29, 0.717) is 12.8 Å². The van der Waals surface area contributed by atoms with Crippen LogP contribution < -0.4 is 0 Å². The molecule has 1 aliphatic rings. The van der Waals surface area contributed by atoms with Crippen LogP contribution >= 0.6 is 0 Å². The summed E-state index contributed by atoms with van der Waals surface area (Å²) in [5.74, 6) is -0.575. The van der Waals surface area contributed by atoms with Crippen molar-refractivity contribution in [3.05, 3.63) is 0 Å². The number of carbonyl (C=O) groups excluding carboxylic acids is 1. The smallest absolute Gasteiger partial charge is 0.369 e. The van der Waals surface area contributed by atoms with Crippen LogP contribution in [0.4, 0.5) is 13.2 Å². The van der Waals surface area contributed by atoms with Crippen molar-refractivity contribution < 1.29 is 22.7 Å². The number of hydrogen-bond donors (Lipinski definition) is 0. The van der Waals surface area contributed by atoms with Gasteiger partial charge in [-0.1, -0.05) is 0 Å². The van der Waals surface area contributed by atoms with Gasteiger partial charge >= 0.3 is 6.18 Å². The van der Waals surface area contributed by atoms with Crippen LogP contribution in [0.5, 0.6) is 0 Å². The van der Waals surface area contributed by atoms with E-state index in [2.05, 4.69) is 0 Å². The van der Waals surface area contributed by atoms with Gasteiger partial charge in [-0.05, 0) is 26.7 Å². The highest BCUT2D eigenvalue weighted by atomic mass is 19.4. The lowest BCUT2D eigenvalue weighted by Crippen LogP contribution is -2.42. The summed E-state index contributed by atoms with van der Waals surface area (Å²) in [6.45, 7) is 2.03. The number of halogens is 3. The largest absolute Gasteiger partial charge is 0.406 e. The summed E-state index contributed by atoms with van der Waals surface area (Å²) in [5.41, 5.74) is 0. The number of carbonyl (C=O) groups is 1. The summed E-state index contributed by atoms with van der Waals surface area (Å²) in [5, 5.41) is 0. The normalized spacial score (nSPS) is 16.6. The fraction of sp³-hybridized carbons (Fsp3) is 0.900. The third kappa shape index (κ3) is 4.83. The second-order valence-corrected chi connectivity index (χ2v) is 4.23. The number of ether oxygens (including phenoxy) is 1. The number of alkyl halides is 3. The minimum absolute atomic E-state index is 0.157. The predicted octanol–water partition coefficient (Wildman–Crippen LogP) is 1.96. The van der Waals surface area contributed by atoms with Crippen molar-refractivity contribution in [1.82, 2.24) is 4.90 Å². The Morgan fingerprint density at radius 1 is 1.44 bits per heavy atom. The lowest BCUT2D eigenvalue weighted by atomic mass is 10.4. The van der Waals surface area contributed by atoms with E-state index in [0.717, 1.165) is 4.90 Å². The van der Waals surface area contributed by atoms with Crippen molar-refractivity contribution in [1.29, 1.82) is 0 Å². The fourth-order valence-electron chi connectivity index (χ4n) is 1.32. The van der Waals surface area contributed by atoms with Crippen molar-refractivity contribution in [2.75, 3.05) is 13.2 Å². The van der Waals surface area contributed by atoms with Gasteiger partial charge in [-0.2, -0.15) is 13.2 Å². The first-order chi connectivity index (χ1) is 7.29. The maximum atomic E-state index is 12.2. The van der Waals surface area contributed by atoms with E-state index in [1.807, 2.05) is 0 Å². The average molecular weight is 239 g/mol.